The van der Waals surface area contributed by atoms with Gasteiger partial charge in [0.05, 0.1) is 10.9 Å². The molecule has 1 aromatic carbocycles. The molecule has 7 heteroatoms. The first-order valence-corrected chi connectivity index (χ1v) is 9.05. The van der Waals surface area contributed by atoms with Crippen LogP contribution in [0, 0.1) is 0 Å². The molecule has 1 aliphatic rings. The van der Waals surface area contributed by atoms with Crippen molar-refractivity contribution in [3.63, 3.8) is 0 Å². The minimum absolute atomic E-state index is 0.0230. The number of halogens is 1. The lowest BCUT2D eigenvalue weighted by molar-refractivity contribution is -0.124. The predicted molar refractivity (Wildman–Crippen MR) is 94.9 cm³/mol. The monoisotopic (exact) mass is 355 g/mol. The van der Waals surface area contributed by atoms with Gasteiger partial charge in [0.2, 0.25) is 11.8 Å². The maximum atomic E-state index is 12.2. The number of carbonyl (C=O) groups excluding carboxylic acids is 2. The van der Waals surface area contributed by atoms with Gasteiger partial charge in [-0.3, -0.25) is 9.59 Å². The first kappa shape index (κ1) is 18.1. The number of amides is 2. The lowest BCUT2D eigenvalue weighted by Crippen LogP contribution is -2.42. The predicted octanol–water partition coefficient (Wildman–Crippen LogP) is 2.78. The minimum atomic E-state index is -0.437. The molecule has 2 rings (SSSR count). The Morgan fingerprint density at radius 2 is 2.30 bits per heavy atom. The van der Waals surface area contributed by atoms with Gasteiger partial charge >= 0.3 is 0 Å². The second-order valence-corrected chi connectivity index (χ2v) is 7.26. The van der Waals surface area contributed by atoms with Gasteiger partial charge in [-0.05, 0) is 24.6 Å². The summed E-state index contributed by atoms with van der Waals surface area (Å²) in [5.41, 5.74) is 6.39. The summed E-state index contributed by atoms with van der Waals surface area (Å²) in [6.07, 6.45) is 3.09. The van der Waals surface area contributed by atoms with Crippen LogP contribution in [0.15, 0.2) is 23.1 Å². The topological polar surface area (TPSA) is 84.2 Å². The van der Waals surface area contributed by atoms with E-state index in [1.54, 1.807) is 12.1 Å². The van der Waals surface area contributed by atoms with E-state index in [1.165, 1.54) is 11.8 Å². The molecule has 0 saturated carbocycles. The van der Waals surface area contributed by atoms with Crippen LogP contribution in [0.1, 0.15) is 32.6 Å². The van der Waals surface area contributed by atoms with Crippen LogP contribution in [-0.2, 0) is 9.59 Å². The Hall–Kier alpha value is -1.24. The molecule has 2 amide bonds. The van der Waals surface area contributed by atoms with Crippen molar-refractivity contribution in [1.29, 1.82) is 0 Å². The molecule has 1 aliphatic heterocycles. The zero-order valence-electron chi connectivity index (χ0n) is 13.1. The van der Waals surface area contributed by atoms with Crippen molar-refractivity contribution in [1.82, 2.24) is 5.32 Å². The smallest absolute Gasteiger partial charge is 0.238 e. The van der Waals surface area contributed by atoms with Crippen LogP contribution >= 0.6 is 23.4 Å². The molecule has 4 N–H and O–H groups in total. The lowest BCUT2D eigenvalue weighted by atomic mass is 10.1. The Balaban J connectivity index is 1.93. The lowest BCUT2D eigenvalue weighted by Gasteiger charge is -2.24. The molecule has 0 saturated heterocycles. The van der Waals surface area contributed by atoms with Crippen molar-refractivity contribution in [2.45, 2.75) is 48.8 Å². The largest absolute Gasteiger partial charge is 0.352 e. The first-order chi connectivity index (χ1) is 11.0. The highest BCUT2D eigenvalue weighted by atomic mass is 35.5. The van der Waals surface area contributed by atoms with Gasteiger partial charge in [0.15, 0.2) is 0 Å². The molecule has 1 aromatic rings. The number of carbonyl (C=O) groups is 2. The van der Waals surface area contributed by atoms with E-state index in [2.05, 4.69) is 17.6 Å². The number of hydrogen-bond acceptors (Lipinski definition) is 4. The molecule has 23 heavy (non-hydrogen) atoms. The summed E-state index contributed by atoms with van der Waals surface area (Å²) in [6.45, 7) is 2.51. The van der Waals surface area contributed by atoms with Gasteiger partial charge in [-0.2, -0.15) is 0 Å². The molecular formula is C16H22ClN3O2S. The van der Waals surface area contributed by atoms with Crippen molar-refractivity contribution in [2.24, 2.45) is 5.73 Å². The SMILES string of the molecule is CCCCC(CN)NC(=O)CC1Sc2ccc(Cl)cc2NC1=O. The summed E-state index contributed by atoms with van der Waals surface area (Å²) in [5, 5.41) is 5.87. The number of benzene rings is 1. The zero-order chi connectivity index (χ0) is 16.8. The van der Waals surface area contributed by atoms with Crippen LogP contribution in [0.3, 0.4) is 0 Å². The fourth-order valence-corrected chi connectivity index (χ4v) is 3.67. The van der Waals surface area contributed by atoms with Crippen molar-refractivity contribution in [3.05, 3.63) is 23.2 Å². The van der Waals surface area contributed by atoms with E-state index in [0.717, 1.165) is 24.2 Å². The van der Waals surface area contributed by atoms with E-state index >= 15 is 0 Å². The van der Waals surface area contributed by atoms with Gasteiger partial charge < -0.3 is 16.4 Å². The van der Waals surface area contributed by atoms with Gasteiger partial charge in [0.1, 0.15) is 0 Å². The van der Waals surface area contributed by atoms with E-state index < -0.39 is 5.25 Å². The van der Waals surface area contributed by atoms with E-state index in [4.69, 9.17) is 17.3 Å². The highest BCUT2D eigenvalue weighted by Gasteiger charge is 2.29. The van der Waals surface area contributed by atoms with Crippen LogP contribution in [0.2, 0.25) is 5.02 Å². The summed E-state index contributed by atoms with van der Waals surface area (Å²) in [6, 6.07) is 5.33. The Morgan fingerprint density at radius 3 is 3.00 bits per heavy atom. The fourth-order valence-electron chi connectivity index (χ4n) is 2.41. The molecule has 5 nitrogen and oxygen atoms in total. The summed E-state index contributed by atoms with van der Waals surface area (Å²) in [7, 11) is 0. The van der Waals surface area contributed by atoms with Gasteiger partial charge in [0.25, 0.3) is 0 Å². The van der Waals surface area contributed by atoms with Gasteiger partial charge in [-0.15, -0.1) is 11.8 Å². The molecule has 0 radical (unpaired) electrons. The van der Waals surface area contributed by atoms with Gasteiger partial charge in [-0.25, -0.2) is 0 Å². The number of fused-ring (bicyclic) bond motifs is 1. The molecular weight excluding hydrogens is 334 g/mol. The number of nitrogens with two attached hydrogens (primary N) is 1. The number of unbranched alkanes of at least 4 members (excludes halogenated alkanes) is 1. The molecule has 2 atom stereocenters. The van der Waals surface area contributed by atoms with Crippen molar-refractivity contribution in [2.75, 3.05) is 11.9 Å². The van der Waals surface area contributed by atoms with E-state index in [0.29, 0.717) is 17.3 Å². The van der Waals surface area contributed by atoms with Crippen LogP contribution < -0.4 is 16.4 Å². The molecule has 0 spiro atoms. The number of nitrogens with one attached hydrogen (secondary N) is 2. The van der Waals surface area contributed by atoms with Gasteiger partial charge in [0, 0.05) is 28.9 Å². The Labute approximate surface area is 145 Å². The molecule has 1 heterocycles. The van der Waals surface area contributed by atoms with Crippen LogP contribution in [0.25, 0.3) is 0 Å². The second kappa shape index (κ2) is 8.57. The standard InChI is InChI=1S/C16H22ClN3O2S/c1-2-3-4-11(9-18)19-15(21)8-14-16(22)20-12-7-10(17)5-6-13(12)23-14/h5-7,11,14H,2-4,8-9,18H2,1H3,(H,19,21)(H,20,22). The molecule has 0 bridgehead atoms. The second-order valence-electron chi connectivity index (χ2n) is 5.58. The minimum Gasteiger partial charge on any atom is -0.352 e. The van der Waals surface area contributed by atoms with E-state index in [9.17, 15) is 9.59 Å². The molecule has 0 aromatic heterocycles. The van der Waals surface area contributed by atoms with Crippen molar-refractivity contribution < 1.29 is 9.59 Å². The summed E-state index contributed by atoms with van der Waals surface area (Å²) < 4.78 is 0. The average molecular weight is 356 g/mol. The van der Waals surface area contributed by atoms with Crippen molar-refractivity contribution in [3.8, 4) is 0 Å². The molecule has 126 valence electrons. The molecule has 0 aliphatic carbocycles. The number of thioether (sulfide) groups is 1. The summed E-state index contributed by atoms with van der Waals surface area (Å²) in [5.74, 6) is -0.306. The molecule has 2 unspecified atom stereocenters. The Morgan fingerprint density at radius 1 is 1.52 bits per heavy atom. The fraction of sp³-hybridized carbons (Fsp3) is 0.500. The number of rotatable bonds is 7. The van der Waals surface area contributed by atoms with Crippen LogP contribution in [-0.4, -0.2) is 29.7 Å². The third-order valence-corrected chi connectivity index (χ3v) is 5.20. The third kappa shape index (κ3) is 5.12. The third-order valence-electron chi connectivity index (χ3n) is 3.69. The Bertz CT molecular complexity index is 582. The summed E-state index contributed by atoms with van der Waals surface area (Å²) in [4.78, 5) is 25.2. The first-order valence-electron chi connectivity index (χ1n) is 7.80. The number of anilines is 1. The van der Waals surface area contributed by atoms with Crippen LogP contribution in [0.5, 0.6) is 0 Å². The maximum Gasteiger partial charge on any atom is 0.238 e. The van der Waals surface area contributed by atoms with E-state index in [-0.39, 0.29) is 24.3 Å². The highest BCUT2D eigenvalue weighted by Crippen LogP contribution is 2.38. The summed E-state index contributed by atoms with van der Waals surface area (Å²) >= 11 is 7.32. The van der Waals surface area contributed by atoms with Crippen LogP contribution in [0.4, 0.5) is 5.69 Å². The number of hydrogen-bond donors (Lipinski definition) is 3. The average Bonchev–Trinajstić information content (AvgIpc) is 2.52. The normalized spacial score (nSPS) is 18.0. The zero-order valence-corrected chi connectivity index (χ0v) is 14.7. The quantitative estimate of drug-likeness (QED) is 0.702. The van der Waals surface area contributed by atoms with Crippen molar-refractivity contribution >= 4 is 40.9 Å². The van der Waals surface area contributed by atoms with Gasteiger partial charge in [-0.1, -0.05) is 31.4 Å². The van der Waals surface area contributed by atoms with E-state index in [1.807, 2.05) is 6.07 Å². The highest BCUT2D eigenvalue weighted by molar-refractivity contribution is 8.01. The maximum absolute atomic E-state index is 12.2. The Kier molecular flexibility index (Phi) is 6.74. The molecule has 0 fully saturated rings.